The highest BCUT2D eigenvalue weighted by molar-refractivity contribution is 5.69. The van der Waals surface area contributed by atoms with Crippen LogP contribution in [0.15, 0.2) is 0 Å². The Labute approximate surface area is 117 Å². The molecule has 0 amide bonds. The number of nitrogens with zero attached hydrogens (tertiary/aromatic N) is 2. The van der Waals surface area contributed by atoms with Crippen LogP contribution in [0.5, 0.6) is 0 Å². The van der Waals surface area contributed by atoms with Crippen molar-refractivity contribution in [3.8, 4) is 0 Å². The van der Waals surface area contributed by atoms with Crippen LogP contribution >= 0.6 is 0 Å². The largest absolute Gasteiger partial charge is 0.480 e. The van der Waals surface area contributed by atoms with E-state index in [1.165, 1.54) is 51.5 Å². The summed E-state index contributed by atoms with van der Waals surface area (Å²) in [5.41, 5.74) is 0. The van der Waals surface area contributed by atoms with Gasteiger partial charge < -0.3 is 10.0 Å². The van der Waals surface area contributed by atoms with Gasteiger partial charge in [0.25, 0.3) is 0 Å². The number of hydrogen-bond donors (Lipinski definition) is 1. The number of carbonyl (C=O) groups is 1. The molecule has 0 aromatic heterocycles. The van der Waals surface area contributed by atoms with Crippen molar-refractivity contribution in [3.63, 3.8) is 0 Å². The molecule has 1 heterocycles. The summed E-state index contributed by atoms with van der Waals surface area (Å²) in [5, 5.41) is 8.74. The van der Waals surface area contributed by atoms with Crippen LogP contribution in [0.3, 0.4) is 0 Å². The summed E-state index contributed by atoms with van der Waals surface area (Å²) in [7, 11) is 0. The molecule has 19 heavy (non-hydrogen) atoms. The highest BCUT2D eigenvalue weighted by Gasteiger charge is 2.17. The summed E-state index contributed by atoms with van der Waals surface area (Å²) in [6, 6.07) is 0. The highest BCUT2D eigenvalue weighted by atomic mass is 16.4. The summed E-state index contributed by atoms with van der Waals surface area (Å²) in [4.78, 5) is 15.1. The van der Waals surface area contributed by atoms with Gasteiger partial charge in [-0.15, -0.1) is 0 Å². The molecular weight excluding hydrogens is 240 g/mol. The van der Waals surface area contributed by atoms with Gasteiger partial charge in [0.2, 0.25) is 0 Å². The number of hydrogen-bond acceptors (Lipinski definition) is 3. The Morgan fingerprint density at radius 3 is 2.00 bits per heavy atom. The van der Waals surface area contributed by atoms with Crippen LogP contribution in [0.25, 0.3) is 0 Å². The number of unbranched alkanes of at least 4 members (excludes halogenated alkanes) is 6. The van der Waals surface area contributed by atoms with Crippen LogP contribution in [-0.4, -0.2) is 60.1 Å². The summed E-state index contributed by atoms with van der Waals surface area (Å²) in [6.45, 7) is 7.52. The molecule has 0 bridgehead atoms. The molecule has 1 saturated heterocycles. The van der Waals surface area contributed by atoms with Crippen LogP contribution in [0, 0.1) is 0 Å². The van der Waals surface area contributed by atoms with Gasteiger partial charge in [0.05, 0.1) is 6.54 Å². The molecule has 0 atom stereocenters. The van der Waals surface area contributed by atoms with Gasteiger partial charge in [-0.1, -0.05) is 45.4 Å². The van der Waals surface area contributed by atoms with Crippen LogP contribution < -0.4 is 0 Å². The van der Waals surface area contributed by atoms with Gasteiger partial charge in [-0.05, 0) is 13.0 Å². The molecule has 0 aliphatic carbocycles. The van der Waals surface area contributed by atoms with Gasteiger partial charge in [0.1, 0.15) is 0 Å². The Bertz CT molecular complexity index is 238. The van der Waals surface area contributed by atoms with Crippen molar-refractivity contribution >= 4 is 5.97 Å². The van der Waals surface area contributed by atoms with Crippen LogP contribution in [0.4, 0.5) is 0 Å². The molecule has 112 valence electrons. The van der Waals surface area contributed by atoms with Gasteiger partial charge in [-0.2, -0.15) is 0 Å². The van der Waals surface area contributed by atoms with E-state index in [1.54, 1.807) is 0 Å². The Balaban J connectivity index is 1.93. The van der Waals surface area contributed by atoms with E-state index in [9.17, 15) is 4.79 Å². The molecule has 0 aromatic rings. The normalized spacial score (nSPS) is 17.7. The second-order valence-electron chi connectivity index (χ2n) is 5.63. The summed E-state index contributed by atoms with van der Waals surface area (Å²) >= 11 is 0. The predicted octanol–water partition coefficient (Wildman–Crippen LogP) is 2.44. The second kappa shape index (κ2) is 10.2. The SMILES string of the molecule is CCCCCCCCCN1CCN(CC(=O)O)CC1. The van der Waals surface area contributed by atoms with E-state index in [0.717, 1.165) is 26.2 Å². The van der Waals surface area contributed by atoms with Crippen molar-refractivity contribution < 1.29 is 9.90 Å². The van der Waals surface area contributed by atoms with E-state index in [0.29, 0.717) is 0 Å². The minimum Gasteiger partial charge on any atom is -0.480 e. The fourth-order valence-corrected chi connectivity index (χ4v) is 2.65. The molecule has 0 aromatic carbocycles. The first-order valence-corrected chi connectivity index (χ1v) is 7.89. The maximum absolute atomic E-state index is 10.6. The predicted molar refractivity (Wildman–Crippen MR) is 78.5 cm³/mol. The van der Waals surface area contributed by atoms with E-state index in [1.807, 2.05) is 4.90 Å². The molecule has 1 aliphatic rings. The lowest BCUT2D eigenvalue weighted by Gasteiger charge is -2.33. The topological polar surface area (TPSA) is 43.8 Å². The van der Waals surface area contributed by atoms with Crippen molar-refractivity contribution in [2.24, 2.45) is 0 Å². The Morgan fingerprint density at radius 1 is 0.895 bits per heavy atom. The van der Waals surface area contributed by atoms with Crippen LogP contribution in [0.2, 0.25) is 0 Å². The molecule has 0 saturated carbocycles. The Kier molecular flexibility index (Phi) is 8.84. The quantitative estimate of drug-likeness (QED) is 0.619. The first-order chi connectivity index (χ1) is 9.22. The van der Waals surface area contributed by atoms with E-state index in [4.69, 9.17) is 5.11 Å². The lowest BCUT2D eigenvalue weighted by atomic mass is 10.1. The molecule has 0 radical (unpaired) electrons. The third-order valence-corrected chi connectivity index (χ3v) is 3.90. The van der Waals surface area contributed by atoms with E-state index >= 15 is 0 Å². The average Bonchev–Trinajstić information content (AvgIpc) is 2.39. The third kappa shape index (κ3) is 8.22. The molecule has 4 heteroatoms. The van der Waals surface area contributed by atoms with Gasteiger partial charge in [-0.3, -0.25) is 9.69 Å². The number of carboxylic acid groups (broad SMARTS) is 1. The molecule has 1 rings (SSSR count). The number of carboxylic acids is 1. The van der Waals surface area contributed by atoms with Gasteiger partial charge in [0, 0.05) is 26.2 Å². The smallest absolute Gasteiger partial charge is 0.317 e. The third-order valence-electron chi connectivity index (χ3n) is 3.90. The summed E-state index contributed by atoms with van der Waals surface area (Å²) in [5.74, 6) is -0.708. The molecule has 1 fully saturated rings. The lowest BCUT2D eigenvalue weighted by Crippen LogP contribution is -2.48. The van der Waals surface area contributed by atoms with Crippen LogP contribution in [-0.2, 0) is 4.79 Å². The maximum atomic E-state index is 10.6. The van der Waals surface area contributed by atoms with Gasteiger partial charge >= 0.3 is 5.97 Å². The minimum atomic E-state index is -0.708. The van der Waals surface area contributed by atoms with E-state index < -0.39 is 5.97 Å². The fraction of sp³-hybridized carbons (Fsp3) is 0.933. The summed E-state index contributed by atoms with van der Waals surface area (Å²) < 4.78 is 0. The zero-order valence-electron chi connectivity index (χ0n) is 12.4. The molecule has 0 spiro atoms. The Hall–Kier alpha value is -0.610. The molecule has 4 nitrogen and oxygen atoms in total. The molecule has 1 N–H and O–H groups in total. The minimum absolute atomic E-state index is 0.200. The van der Waals surface area contributed by atoms with Crippen LogP contribution in [0.1, 0.15) is 51.9 Å². The van der Waals surface area contributed by atoms with Gasteiger partial charge in [0.15, 0.2) is 0 Å². The average molecular weight is 270 g/mol. The number of piperazine rings is 1. The first-order valence-electron chi connectivity index (χ1n) is 7.89. The molecule has 0 unspecified atom stereocenters. The molecular formula is C15H30N2O2. The second-order valence-corrected chi connectivity index (χ2v) is 5.63. The molecule has 1 aliphatic heterocycles. The standard InChI is InChI=1S/C15H30N2O2/c1-2-3-4-5-6-7-8-9-16-10-12-17(13-11-16)14-15(18)19/h2-14H2,1H3,(H,18,19). The van der Waals surface area contributed by atoms with E-state index in [2.05, 4.69) is 11.8 Å². The number of aliphatic carboxylic acids is 1. The van der Waals surface area contributed by atoms with Crippen molar-refractivity contribution in [2.45, 2.75) is 51.9 Å². The van der Waals surface area contributed by atoms with Crippen molar-refractivity contribution in [1.82, 2.24) is 9.80 Å². The lowest BCUT2D eigenvalue weighted by molar-refractivity contribution is -0.138. The highest BCUT2D eigenvalue weighted by Crippen LogP contribution is 2.08. The zero-order valence-corrected chi connectivity index (χ0v) is 12.4. The van der Waals surface area contributed by atoms with Crippen molar-refractivity contribution in [3.05, 3.63) is 0 Å². The fourth-order valence-electron chi connectivity index (χ4n) is 2.65. The maximum Gasteiger partial charge on any atom is 0.317 e. The number of rotatable bonds is 10. The van der Waals surface area contributed by atoms with Crippen molar-refractivity contribution in [1.29, 1.82) is 0 Å². The first kappa shape index (κ1) is 16.4. The van der Waals surface area contributed by atoms with Crippen molar-refractivity contribution in [2.75, 3.05) is 39.3 Å². The zero-order chi connectivity index (χ0) is 13.9. The summed E-state index contributed by atoms with van der Waals surface area (Å²) in [6.07, 6.45) is 9.50. The monoisotopic (exact) mass is 270 g/mol. The van der Waals surface area contributed by atoms with E-state index in [-0.39, 0.29) is 6.54 Å². The Morgan fingerprint density at radius 2 is 1.42 bits per heavy atom. The van der Waals surface area contributed by atoms with Gasteiger partial charge in [-0.25, -0.2) is 0 Å².